The molecular formula is C14H19FN2S. The summed E-state index contributed by atoms with van der Waals surface area (Å²) in [4.78, 5) is 3.97. The molecule has 1 aromatic heterocycles. The summed E-state index contributed by atoms with van der Waals surface area (Å²) in [7, 11) is 0. The van der Waals surface area contributed by atoms with Crippen LogP contribution < -0.4 is 0 Å². The van der Waals surface area contributed by atoms with Gasteiger partial charge in [-0.2, -0.15) is 4.39 Å². The lowest BCUT2D eigenvalue weighted by molar-refractivity contribution is 0.546. The molecule has 98 valence electrons. The average molecular weight is 266 g/mol. The van der Waals surface area contributed by atoms with Crippen LogP contribution in [0, 0.1) is 5.95 Å². The molecule has 0 aromatic carbocycles. The van der Waals surface area contributed by atoms with E-state index in [0.29, 0.717) is 5.69 Å². The molecule has 0 atom stereocenters. The van der Waals surface area contributed by atoms with Gasteiger partial charge in [0, 0.05) is 10.3 Å². The van der Waals surface area contributed by atoms with Crippen LogP contribution in [0.4, 0.5) is 4.39 Å². The second-order valence-electron chi connectivity index (χ2n) is 6.07. The summed E-state index contributed by atoms with van der Waals surface area (Å²) in [5.41, 5.74) is 1.34. The van der Waals surface area contributed by atoms with Gasteiger partial charge in [-0.15, -0.1) is 0 Å². The molecule has 2 nitrogen and oxygen atoms in total. The fourth-order valence-corrected chi connectivity index (χ4v) is 2.14. The molecule has 1 aromatic rings. The summed E-state index contributed by atoms with van der Waals surface area (Å²) in [6, 6.07) is 3.69. The largest absolute Gasteiger partial charge is 0.222 e. The van der Waals surface area contributed by atoms with Crippen molar-refractivity contribution in [1.29, 1.82) is 0 Å². The SMILES string of the molecule is CC(C)(C)S/N=C/c1ccc(C2(C)CC2)c(F)n1. The zero-order valence-corrected chi connectivity index (χ0v) is 12.1. The number of nitrogens with zero attached hydrogens (tertiary/aromatic N) is 2. The van der Waals surface area contributed by atoms with Crippen LogP contribution in [-0.2, 0) is 5.41 Å². The van der Waals surface area contributed by atoms with Crippen LogP contribution in [0.25, 0.3) is 0 Å². The van der Waals surface area contributed by atoms with Crippen molar-refractivity contribution in [2.75, 3.05) is 0 Å². The van der Waals surface area contributed by atoms with Gasteiger partial charge in [-0.05, 0) is 57.0 Å². The lowest BCUT2D eigenvalue weighted by atomic mass is 10.00. The second kappa shape index (κ2) is 4.65. The van der Waals surface area contributed by atoms with Gasteiger partial charge in [-0.1, -0.05) is 13.0 Å². The van der Waals surface area contributed by atoms with Crippen molar-refractivity contribution in [2.45, 2.75) is 50.7 Å². The van der Waals surface area contributed by atoms with Crippen LogP contribution in [0.15, 0.2) is 16.5 Å². The van der Waals surface area contributed by atoms with E-state index >= 15 is 0 Å². The van der Waals surface area contributed by atoms with Crippen molar-refractivity contribution in [3.63, 3.8) is 0 Å². The third-order valence-electron chi connectivity index (χ3n) is 3.03. The number of rotatable bonds is 3. The van der Waals surface area contributed by atoms with Crippen LogP contribution in [0.1, 0.15) is 51.8 Å². The Morgan fingerprint density at radius 2 is 2.06 bits per heavy atom. The fourth-order valence-electron chi connectivity index (χ4n) is 1.67. The molecule has 0 unspecified atom stereocenters. The smallest absolute Gasteiger partial charge is 0.217 e. The quantitative estimate of drug-likeness (QED) is 0.467. The first-order valence-electron chi connectivity index (χ1n) is 6.19. The van der Waals surface area contributed by atoms with E-state index in [1.54, 1.807) is 6.21 Å². The fraction of sp³-hybridized carbons (Fsp3) is 0.571. The van der Waals surface area contributed by atoms with E-state index in [-0.39, 0.29) is 16.1 Å². The predicted octanol–water partition coefficient (Wildman–Crippen LogP) is 4.14. The third-order valence-corrected chi connectivity index (χ3v) is 3.79. The summed E-state index contributed by atoms with van der Waals surface area (Å²) in [5.74, 6) is -0.347. The van der Waals surface area contributed by atoms with E-state index in [1.165, 1.54) is 11.9 Å². The third kappa shape index (κ3) is 3.31. The monoisotopic (exact) mass is 266 g/mol. The van der Waals surface area contributed by atoms with Gasteiger partial charge in [0.2, 0.25) is 5.95 Å². The molecule has 4 heteroatoms. The van der Waals surface area contributed by atoms with Crippen LogP contribution >= 0.6 is 11.9 Å². The van der Waals surface area contributed by atoms with Crippen molar-refractivity contribution < 1.29 is 4.39 Å². The lowest BCUT2D eigenvalue weighted by Gasteiger charge is -2.12. The normalized spacial score (nSPS) is 18.3. The van der Waals surface area contributed by atoms with Gasteiger partial charge in [0.25, 0.3) is 0 Å². The summed E-state index contributed by atoms with van der Waals surface area (Å²) in [6.07, 6.45) is 3.73. The molecule has 18 heavy (non-hydrogen) atoms. The second-order valence-corrected chi connectivity index (χ2v) is 7.69. The van der Waals surface area contributed by atoms with E-state index in [1.807, 2.05) is 12.1 Å². The Balaban J connectivity index is 2.10. The molecule has 2 rings (SSSR count). The van der Waals surface area contributed by atoms with Crippen LogP contribution in [0.5, 0.6) is 0 Å². The molecule has 1 aliphatic rings. The van der Waals surface area contributed by atoms with Gasteiger partial charge in [0.05, 0.1) is 11.9 Å². The zero-order chi connectivity index (χ0) is 13.4. The van der Waals surface area contributed by atoms with Crippen molar-refractivity contribution in [3.8, 4) is 0 Å². The van der Waals surface area contributed by atoms with Crippen molar-refractivity contribution in [1.82, 2.24) is 4.98 Å². The zero-order valence-electron chi connectivity index (χ0n) is 11.3. The standard InChI is InChI=1S/C14H19FN2S/c1-13(2,3)18-16-9-10-5-6-11(12(15)17-10)14(4)7-8-14/h5-6,9H,7-8H2,1-4H3/b16-9+. The number of hydrogen-bond acceptors (Lipinski definition) is 3. The van der Waals surface area contributed by atoms with Crippen LogP contribution in [0.3, 0.4) is 0 Å². The molecule has 0 spiro atoms. The maximum absolute atomic E-state index is 13.9. The highest BCUT2D eigenvalue weighted by atomic mass is 32.2. The van der Waals surface area contributed by atoms with E-state index in [2.05, 4.69) is 37.1 Å². The molecular weight excluding hydrogens is 247 g/mol. The minimum atomic E-state index is -0.347. The van der Waals surface area contributed by atoms with Crippen molar-refractivity contribution in [2.24, 2.45) is 4.40 Å². The van der Waals surface area contributed by atoms with Gasteiger partial charge >= 0.3 is 0 Å². The predicted molar refractivity (Wildman–Crippen MR) is 75.7 cm³/mol. The molecule has 0 bridgehead atoms. The van der Waals surface area contributed by atoms with Gasteiger partial charge < -0.3 is 0 Å². The molecule has 1 fully saturated rings. The maximum Gasteiger partial charge on any atom is 0.217 e. The first-order chi connectivity index (χ1) is 8.30. The van der Waals surface area contributed by atoms with Gasteiger partial charge in [-0.25, -0.2) is 9.38 Å². The highest BCUT2D eigenvalue weighted by Crippen LogP contribution is 2.48. The molecule has 0 amide bonds. The Labute approximate surface area is 112 Å². The highest BCUT2D eigenvalue weighted by molar-refractivity contribution is 7.99. The Hall–Kier alpha value is -0.900. The van der Waals surface area contributed by atoms with E-state index in [9.17, 15) is 4.39 Å². The van der Waals surface area contributed by atoms with Crippen molar-refractivity contribution in [3.05, 3.63) is 29.3 Å². The molecule has 1 aliphatic carbocycles. The Morgan fingerprint density at radius 3 is 2.56 bits per heavy atom. The Morgan fingerprint density at radius 1 is 1.39 bits per heavy atom. The van der Waals surface area contributed by atoms with E-state index < -0.39 is 0 Å². The maximum atomic E-state index is 13.9. The minimum Gasteiger partial charge on any atom is -0.222 e. The first kappa shape index (κ1) is 13.5. The topological polar surface area (TPSA) is 25.2 Å². The summed E-state index contributed by atoms with van der Waals surface area (Å²) < 4.78 is 18.2. The van der Waals surface area contributed by atoms with Gasteiger partial charge in [0.15, 0.2) is 0 Å². The molecule has 0 N–H and O–H groups in total. The molecule has 1 saturated carbocycles. The van der Waals surface area contributed by atoms with Crippen LogP contribution in [-0.4, -0.2) is 15.9 Å². The van der Waals surface area contributed by atoms with E-state index in [4.69, 9.17) is 0 Å². The van der Waals surface area contributed by atoms with Gasteiger partial charge in [-0.3, -0.25) is 0 Å². The van der Waals surface area contributed by atoms with Crippen LogP contribution in [0.2, 0.25) is 0 Å². The first-order valence-corrected chi connectivity index (χ1v) is 6.96. The molecule has 0 aliphatic heterocycles. The summed E-state index contributed by atoms with van der Waals surface area (Å²) in [5, 5.41) is 0. The highest BCUT2D eigenvalue weighted by Gasteiger charge is 2.41. The Bertz CT molecular complexity index is 473. The number of aromatic nitrogens is 1. The van der Waals surface area contributed by atoms with Gasteiger partial charge in [0.1, 0.15) is 0 Å². The minimum absolute atomic E-state index is 0.0207. The average Bonchev–Trinajstić information content (AvgIpc) is 2.95. The molecule has 0 saturated heterocycles. The Kier molecular flexibility index (Phi) is 3.49. The van der Waals surface area contributed by atoms with Crippen molar-refractivity contribution >= 4 is 18.2 Å². The number of halogens is 1. The summed E-state index contributed by atoms with van der Waals surface area (Å²) >= 11 is 1.46. The number of pyridine rings is 1. The molecule has 0 radical (unpaired) electrons. The number of hydrogen-bond donors (Lipinski definition) is 0. The lowest BCUT2D eigenvalue weighted by Crippen LogP contribution is -2.07. The molecule has 1 heterocycles. The van der Waals surface area contributed by atoms with E-state index in [0.717, 1.165) is 18.4 Å². The summed E-state index contributed by atoms with van der Waals surface area (Å²) in [6.45, 7) is 8.33.